The highest BCUT2D eigenvalue weighted by Crippen LogP contribution is 2.37. The molecule has 0 bridgehead atoms. The molecule has 134 valence electrons. The average molecular weight is 360 g/mol. The molecule has 0 aromatic carbocycles. The molecule has 2 aliphatic heterocycles. The molecule has 2 aromatic heterocycles. The molecule has 2 aromatic rings. The third-order valence-electron chi connectivity index (χ3n) is 5.03. The van der Waals surface area contributed by atoms with Gasteiger partial charge in [0.2, 0.25) is 0 Å². The Balaban J connectivity index is 1.77. The number of ether oxygens (including phenoxy) is 1. The molecule has 2 aliphatic rings. The van der Waals surface area contributed by atoms with Crippen molar-refractivity contribution < 1.29 is 9.53 Å². The van der Waals surface area contributed by atoms with E-state index in [1.54, 1.807) is 0 Å². The van der Waals surface area contributed by atoms with Crippen LogP contribution in [0.1, 0.15) is 40.3 Å². The molecule has 0 aliphatic carbocycles. The van der Waals surface area contributed by atoms with E-state index in [-0.39, 0.29) is 5.91 Å². The van der Waals surface area contributed by atoms with Crippen LogP contribution in [0.3, 0.4) is 0 Å². The normalized spacial score (nSPS) is 18.8. The van der Waals surface area contributed by atoms with Gasteiger partial charge in [-0.15, -0.1) is 11.3 Å². The van der Waals surface area contributed by atoms with E-state index in [1.165, 1.54) is 30.6 Å². The summed E-state index contributed by atoms with van der Waals surface area (Å²) < 4.78 is 5.37. The Morgan fingerprint density at radius 3 is 2.48 bits per heavy atom. The third kappa shape index (κ3) is 3.11. The number of rotatable bonds is 2. The summed E-state index contributed by atoms with van der Waals surface area (Å²) in [6.07, 6.45) is 3.69. The van der Waals surface area contributed by atoms with Crippen LogP contribution in [0, 0.1) is 13.8 Å². The molecule has 2 saturated heterocycles. The predicted molar refractivity (Wildman–Crippen MR) is 99.7 cm³/mol. The number of piperidine rings is 1. The fourth-order valence-electron chi connectivity index (χ4n) is 3.67. The van der Waals surface area contributed by atoms with E-state index in [4.69, 9.17) is 9.72 Å². The maximum absolute atomic E-state index is 13.0. The van der Waals surface area contributed by atoms with Crippen LogP contribution in [-0.2, 0) is 4.74 Å². The minimum Gasteiger partial charge on any atom is -0.378 e. The first-order valence-corrected chi connectivity index (χ1v) is 9.86. The smallest absolute Gasteiger partial charge is 0.264 e. The minimum absolute atomic E-state index is 0.103. The molecule has 0 N–H and O–H groups in total. The lowest BCUT2D eigenvalue weighted by Crippen LogP contribution is -2.40. The number of anilines is 1. The number of hydrogen-bond donors (Lipinski definition) is 0. The maximum Gasteiger partial charge on any atom is 0.264 e. The molecule has 0 atom stereocenters. The van der Waals surface area contributed by atoms with Crippen molar-refractivity contribution in [3.8, 4) is 0 Å². The van der Waals surface area contributed by atoms with Crippen LogP contribution in [0.4, 0.5) is 5.82 Å². The fourth-order valence-corrected chi connectivity index (χ4v) is 4.86. The number of carbonyl (C=O) groups excluding carboxylic acids is 1. The fraction of sp³-hybridized carbons (Fsp3) is 0.611. The lowest BCUT2D eigenvalue weighted by molar-refractivity contribution is 0.0306. The number of thiophene rings is 1. The maximum atomic E-state index is 13.0. The molecule has 2 fully saturated rings. The quantitative estimate of drug-likeness (QED) is 0.824. The zero-order valence-corrected chi connectivity index (χ0v) is 15.7. The van der Waals surface area contributed by atoms with Crippen molar-refractivity contribution in [2.45, 2.75) is 33.1 Å². The van der Waals surface area contributed by atoms with E-state index in [9.17, 15) is 4.79 Å². The van der Waals surface area contributed by atoms with Gasteiger partial charge in [0.15, 0.2) is 0 Å². The van der Waals surface area contributed by atoms with Crippen LogP contribution < -0.4 is 4.90 Å². The first kappa shape index (κ1) is 16.7. The van der Waals surface area contributed by atoms with Crippen LogP contribution in [0.5, 0.6) is 0 Å². The van der Waals surface area contributed by atoms with Gasteiger partial charge in [-0.3, -0.25) is 4.79 Å². The van der Waals surface area contributed by atoms with E-state index >= 15 is 0 Å². The van der Waals surface area contributed by atoms with Gasteiger partial charge in [0.05, 0.1) is 23.5 Å². The molecule has 0 spiro atoms. The number of aryl methyl sites for hydroxylation is 2. The number of amides is 1. The number of nitrogens with zero attached hydrogens (tertiary/aromatic N) is 4. The van der Waals surface area contributed by atoms with Gasteiger partial charge < -0.3 is 14.5 Å². The molecule has 0 saturated carbocycles. The third-order valence-corrected chi connectivity index (χ3v) is 6.20. The summed E-state index contributed by atoms with van der Waals surface area (Å²) in [5.74, 6) is 1.89. The summed E-state index contributed by atoms with van der Waals surface area (Å²) in [4.78, 5) is 28.3. The molecule has 7 heteroatoms. The van der Waals surface area contributed by atoms with Crippen molar-refractivity contribution in [2.24, 2.45) is 0 Å². The number of morpholine rings is 1. The lowest BCUT2D eigenvalue weighted by Gasteiger charge is -2.28. The molecule has 25 heavy (non-hydrogen) atoms. The van der Waals surface area contributed by atoms with Gasteiger partial charge in [0.25, 0.3) is 5.91 Å². The highest BCUT2D eigenvalue weighted by atomic mass is 32.1. The largest absolute Gasteiger partial charge is 0.378 e. The Hall–Kier alpha value is -1.73. The van der Waals surface area contributed by atoms with Crippen molar-refractivity contribution in [1.29, 1.82) is 0 Å². The summed E-state index contributed by atoms with van der Waals surface area (Å²) >= 11 is 1.51. The van der Waals surface area contributed by atoms with Gasteiger partial charge in [-0.25, -0.2) is 9.97 Å². The monoisotopic (exact) mass is 360 g/mol. The van der Waals surface area contributed by atoms with Crippen LogP contribution in [0.2, 0.25) is 0 Å². The van der Waals surface area contributed by atoms with E-state index < -0.39 is 0 Å². The Bertz CT molecular complexity index is 792. The number of carbonyl (C=O) groups is 1. The standard InChI is InChI=1S/C18H24N4O2S/c1-12-14-16(21-6-4-3-5-7-21)19-13(2)20-17(14)25-15(12)18(23)22-8-10-24-11-9-22/h3-11H2,1-2H3. The molecule has 1 amide bonds. The van der Waals surface area contributed by atoms with Crippen molar-refractivity contribution in [1.82, 2.24) is 14.9 Å². The van der Waals surface area contributed by atoms with Gasteiger partial charge in [-0.1, -0.05) is 0 Å². The first-order valence-electron chi connectivity index (χ1n) is 9.05. The molecular formula is C18H24N4O2S. The molecule has 4 rings (SSSR count). The summed E-state index contributed by atoms with van der Waals surface area (Å²) in [7, 11) is 0. The Kier molecular flexibility index (Phi) is 4.60. The Morgan fingerprint density at radius 1 is 1.04 bits per heavy atom. The van der Waals surface area contributed by atoms with E-state index in [2.05, 4.69) is 9.88 Å². The Labute approximate surface area is 151 Å². The molecular weight excluding hydrogens is 336 g/mol. The second kappa shape index (κ2) is 6.88. The molecule has 4 heterocycles. The molecule has 6 nitrogen and oxygen atoms in total. The molecule has 0 unspecified atom stereocenters. The van der Waals surface area contributed by atoms with Crippen molar-refractivity contribution in [2.75, 3.05) is 44.3 Å². The van der Waals surface area contributed by atoms with Crippen LogP contribution in [0.15, 0.2) is 0 Å². The first-order chi connectivity index (χ1) is 12.1. The van der Waals surface area contributed by atoms with E-state index in [1.807, 2.05) is 18.7 Å². The summed E-state index contributed by atoms with van der Waals surface area (Å²) in [5, 5.41) is 1.06. The summed E-state index contributed by atoms with van der Waals surface area (Å²) in [6, 6.07) is 0. The van der Waals surface area contributed by atoms with Crippen LogP contribution in [-0.4, -0.2) is 60.2 Å². The zero-order valence-electron chi connectivity index (χ0n) is 14.9. The highest BCUT2D eigenvalue weighted by molar-refractivity contribution is 7.20. The predicted octanol–water partition coefficient (Wildman–Crippen LogP) is 2.77. The second-order valence-corrected chi connectivity index (χ2v) is 7.78. The van der Waals surface area contributed by atoms with Gasteiger partial charge >= 0.3 is 0 Å². The molecule has 0 radical (unpaired) electrons. The average Bonchev–Trinajstić information content (AvgIpc) is 2.98. The van der Waals surface area contributed by atoms with Gasteiger partial charge in [0.1, 0.15) is 16.5 Å². The van der Waals surface area contributed by atoms with E-state index in [0.717, 1.165) is 45.4 Å². The highest BCUT2D eigenvalue weighted by Gasteiger charge is 2.26. The van der Waals surface area contributed by atoms with Crippen LogP contribution >= 0.6 is 11.3 Å². The SMILES string of the molecule is Cc1nc(N2CCCCC2)c2c(C)c(C(=O)N3CCOCC3)sc2n1. The van der Waals surface area contributed by atoms with Crippen molar-refractivity contribution in [3.63, 3.8) is 0 Å². The zero-order chi connectivity index (χ0) is 17.4. The number of aromatic nitrogens is 2. The number of hydrogen-bond acceptors (Lipinski definition) is 6. The second-order valence-electron chi connectivity index (χ2n) is 6.78. The summed E-state index contributed by atoms with van der Waals surface area (Å²) in [6.45, 7) is 8.61. The van der Waals surface area contributed by atoms with Gasteiger partial charge in [0, 0.05) is 26.2 Å². The Morgan fingerprint density at radius 2 is 1.76 bits per heavy atom. The summed E-state index contributed by atoms with van der Waals surface area (Å²) in [5.41, 5.74) is 1.03. The van der Waals surface area contributed by atoms with Gasteiger partial charge in [-0.2, -0.15) is 0 Å². The van der Waals surface area contributed by atoms with Gasteiger partial charge in [-0.05, 0) is 38.7 Å². The minimum atomic E-state index is 0.103. The topological polar surface area (TPSA) is 58.6 Å². The van der Waals surface area contributed by atoms with Crippen molar-refractivity contribution in [3.05, 3.63) is 16.3 Å². The van der Waals surface area contributed by atoms with Crippen LogP contribution in [0.25, 0.3) is 10.2 Å². The number of fused-ring (bicyclic) bond motifs is 1. The van der Waals surface area contributed by atoms with Crippen molar-refractivity contribution >= 4 is 33.3 Å². The lowest BCUT2D eigenvalue weighted by atomic mass is 10.1. The van der Waals surface area contributed by atoms with E-state index in [0.29, 0.717) is 26.3 Å².